The first-order valence-electron chi connectivity index (χ1n) is 4.97. The van der Waals surface area contributed by atoms with Crippen LogP contribution in [0.1, 0.15) is 42.9 Å². The summed E-state index contributed by atoms with van der Waals surface area (Å²) in [5, 5.41) is 0. The molecule has 1 atom stereocenters. The summed E-state index contributed by atoms with van der Waals surface area (Å²) in [6.07, 6.45) is 2.56. The van der Waals surface area contributed by atoms with Gasteiger partial charge in [0.25, 0.3) is 0 Å². The van der Waals surface area contributed by atoms with Crippen LogP contribution in [-0.4, -0.2) is 0 Å². The second-order valence-electron chi connectivity index (χ2n) is 4.13. The Morgan fingerprint density at radius 1 is 1.46 bits per heavy atom. The van der Waals surface area contributed by atoms with Gasteiger partial charge in [0.1, 0.15) is 0 Å². The molecule has 0 radical (unpaired) electrons. The highest BCUT2D eigenvalue weighted by Crippen LogP contribution is 2.33. The summed E-state index contributed by atoms with van der Waals surface area (Å²) in [7, 11) is 0. The van der Waals surface area contributed by atoms with Crippen molar-refractivity contribution in [3.63, 3.8) is 0 Å². The molecule has 68 valence electrons. The van der Waals surface area contributed by atoms with Crippen molar-refractivity contribution >= 4 is 5.57 Å². The van der Waals surface area contributed by atoms with E-state index in [1.54, 1.807) is 5.56 Å². The van der Waals surface area contributed by atoms with Gasteiger partial charge >= 0.3 is 0 Å². The predicted octanol–water partition coefficient (Wildman–Crippen LogP) is 3.77. The zero-order chi connectivity index (χ0) is 9.42. The van der Waals surface area contributed by atoms with Gasteiger partial charge in [0.2, 0.25) is 0 Å². The molecular weight excluding hydrogens is 156 g/mol. The molecule has 1 aliphatic carbocycles. The molecule has 0 spiro atoms. The van der Waals surface area contributed by atoms with Crippen LogP contribution < -0.4 is 0 Å². The van der Waals surface area contributed by atoms with E-state index in [0.29, 0.717) is 0 Å². The standard InChI is InChI=1S/C13H16/c1-9(2)11-6-7-13-10(3)4-5-12(13)8-11/h6-8,10H,1,4-5H2,2-3H3. The maximum absolute atomic E-state index is 3.97. The zero-order valence-electron chi connectivity index (χ0n) is 8.43. The molecule has 0 saturated heterocycles. The third kappa shape index (κ3) is 1.41. The van der Waals surface area contributed by atoms with Crippen molar-refractivity contribution in [1.29, 1.82) is 0 Å². The third-order valence-electron chi connectivity index (χ3n) is 3.01. The number of hydrogen-bond donors (Lipinski definition) is 0. The molecule has 0 bridgehead atoms. The molecule has 2 rings (SSSR count). The first-order chi connectivity index (χ1) is 6.18. The Balaban J connectivity index is 2.45. The first kappa shape index (κ1) is 8.55. The maximum Gasteiger partial charge on any atom is -0.0184 e. The highest BCUT2D eigenvalue weighted by molar-refractivity contribution is 5.63. The van der Waals surface area contributed by atoms with Gasteiger partial charge in [-0.25, -0.2) is 0 Å². The van der Waals surface area contributed by atoms with Crippen molar-refractivity contribution in [3.8, 4) is 0 Å². The number of allylic oxidation sites excluding steroid dienone is 1. The lowest BCUT2D eigenvalue weighted by molar-refractivity contribution is 0.747. The van der Waals surface area contributed by atoms with Gasteiger partial charge in [-0.1, -0.05) is 37.3 Å². The lowest BCUT2D eigenvalue weighted by Crippen LogP contribution is -1.87. The van der Waals surface area contributed by atoms with Gasteiger partial charge in [0.15, 0.2) is 0 Å². The zero-order valence-corrected chi connectivity index (χ0v) is 8.43. The molecule has 0 nitrogen and oxygen atoms in total. The normalized spacial score (nSPS) is 20.0. The van der Waals surface area contributed by atoms with Gasteiger partial charge in [0, 0.05) is 0 Å². The second-order valence-corrected chi connectivity index (χ2v) is 4.13. The van der Waals surface area contributed by atoms with E-state index >= 15 is 0 Å². The van der Waals surface area contributed by atoms with Crippen LogP contribution in [-0.2, 0) is 6.42 Å². The summed E-state index contributed by atoms with van der Waals surface area (Å²) in [5.41, 5.74) is 5.55. The second kappa shape index (κ2) is 3.02. The van der Waals surface area contributed by atoms with E-state index in [1.807, 2.05) is 0 Å². The number of rotatable bonds is 1. The largest absolute Gasteiger partial charge is 0.0955 e. The third-order valence-corrected chi connectivity index (χ3v) is 3.01. The highest BCUT2D eigenvalue weighted by atomic mass is 14.2. The first-order valence-corrected chi connectivity index (χ1v) is 4.97. The average molecular weight is 172 g/mol. The minimum absolute atomic E-state index is 0.758. The van der Waals surface area contributed by atoms with Gasteiger partial charge in [-0.05, 0) is 42.4 Å². The SMILES string of the molecule is C=C(C)c1ccc2c(c1)CCC2C. The average Bonchev–Trinajstić information content (AvgIpc) is 2.47. The summed E-state index contributed by atoms with van der Waals surface area (Å²) in [5.74, 6) is 0.758. The van der Waals surface area contributed by atoms with E-state index in [4.69, 9.17) is 0 Å². The number of aryl methyl sites for hydroxylation is 1. The molecular formula is C13H16. The summed E-state index contributed by atoms with van der Waals surface area (Å²) < 4.78 is 0. The molecule has 0 fully saturated rings. The van der Waals surface area contributed by atoms with Crippen LogP contribution in [0.2, 0.25) is 0 Å². The van der Waals surface area contributed by atoms with Crippen LogP contribution in [0.3, 0.4) is 0 Å². The Morgan fingerprint density at radius 2 is 2.23 bits per heavy atom. The fourth-order valence-corrected chi connectivity index (χ4v) is 2.10. The number of hydrogen-bond acceptors (Lipinski definition) is 0. The minimum atomic E-state index is 0.758. The van der Waals surface area contributed by atoms with Gasteiger partial charge < -0.3 is 0 Å². The topological polar surface area (TPSA) is 0 Å². The molecule has 1 aromatic rings. The molecule has 0 saturated carbocycles. The van der Waals surface area contributed by atoms with Crippen molar-refractivity contribution < 1.29 is 0 Å². The van der Waals surface area contributed by atoms with Crippen LogP contribution in [0.25, 0.3) is 5.57 Å². The smallest absolute Gasteiger partial charge is 0.0184 e. The molecule has 0 aliphatic heterocycles. The molecule has 0 aromatic heterocycles. The summed E-state index contributed by atoms with van der Waals surface area (Å²) in [6.45, 7) is 8.35. The Hall–Kier alpha value is -1.04. The summed E-state index contributed by atoms with van der Waals surface area (Å²) in [6, 6.07) is 6.78. The molecule has 0 heteroatoms. The van der Waals surface area contributed by atoms with Crippen molar-refractivity contribution in [2.45, 2.75) is 32.6 Å². The van der Waals surface area contributed by atoms with Crippen molar-refractivity contribution in [2.75, 3.05) is 0 Å². The van der Waals surface area contributed by atoms with E-state index in [-0.39, 0.29) is 0 Å². The van der Waals surface area contributed by atoms with Crippen LogP contribution >= 0.6 is 0 Å². The van der Waals surface area contributed by atoms with Crippen molar-refractivity contribution in [2.24, 2.45) is 0 Å². The van der Waals surface area contributed by atoms with Gasteiger partial charge in [-0.3, -0.25) is 0 Å². The van der Waals surface area contributed by atoms with Gasteiger partial charge in [-0.15, -0.1) is 0 Å². The van der Waals surface area contributed by atoms with E-state index < -0.39 is 0 Å². The Morgan fingerprint density at radius 3 is 2.92 bits per heavy atom. The van der Waals surface area contributed by atoms with Gasteiger partial charge in [0.05, 0.1) is 0 Å². The minimum Gasteiger partial charge on any atom is -0.0955 e. The highest BCUT2D eigenvalue weighted by Gasteiger charge is 2.18. The Kier molecular flexibility index (Phi) is 1.99. The van der Waals surface area contributed by atoms with E-state index in [1.165, 1.54) is 29.5 Å². The quantitative estimate of drug-likeness (QED) is 0.605. The fourth-order valence-electron chi connectivity index (χ4n) is 2.10. The fraction of sp³-hybridized carbons (Fsp3) is 0.385. The molecule has 1 aromatic carbocycles. The molecule has 0 N–H and O–H groups in total. The van der Waals surface area contributed by atoms with E-state index in [2.05, 4.69) is 38.6 Å². The molecule has 0 heterocycles. The van der Waals surface area contributed by atoms with Crippen molar-refractivity contribution in [3.05, 3.63) is 41.5 Å². The van der Waals surface area contributed by atoms with Crippen LogP contribution in [0.15, 0.2) is 24.8 Å². The lowest BCUT2D eigenvalue weighted by atomic mass is 9.99. The van der Waals surface area contributed by atoms with Crippen LogP contribution in [0.5, 0.6) is 0 Å². The number of fused-ring (bicyclic) bond motifs is 1. The van der Waals surface area contributed by atoms with Crippen molar-refractivity contribution in [1.82, 2.24) is 0 Å². The Labute approximate surface area is 80.3 Å². The monoisotopic (exact) mass is 172 g/mol. The summed E-state index contributed by atoms with van der Waals surface area (Å²) in [4.78, 5) is 0. The van der Waals surface area contributed by atoms with E-state index in [9.17, 15) is 0 Å². The molecule has 1 unspecified atom stereocenters. The van der Waals surface area contributed by atoms with E-state index in [0.717, 1.165) is 5.92 Å². The van der Waals surface area contributed by atoms with Crippen LogP contribution in [0.4, 0.5) is 0 Å². The number of benzene rings is 1. The van der Waals surface area contributed by atoms with Gasteiger partial charge in [-0.2, -0.15) is 0 Å². The molecule has 1 aliphatic rings. The predicted molar refractivity (Wildman–Crippen MR) is 57.9 cm³/mol. The molecule has 0 amide bonds. The molecule has 13 heavy (non-hydrogen) atoms. The maximum atomic E-state index is 3.97. The Bertz CT molecular complexity index is 347. The van der Waals surface area contributed by atoms with Crippen LogP contribution in [0, 0.1) is 0 Å². The summed E-state index contributed by atoms with van der Waals surface area (Å²) >= 11 is 0. The lowest BCUT2D eigenvalue weighted by Gasteiger charge is -2.06.